The molecule has 0 aromatic heterocycles. The molecule has 0 saturated heterocycles. The third-order valence-electron chi connectivity index (χ3n) is 4.05. The van der Waals surface area contributed by atoms with E-state index in [4.69, 9.17) is 42.1 Å². The van der Waals surface area contributed by atoms with E-state index in [9.17, 15) is 4.21 Å². The zero-order valence-corrected chi connectivity index (χ0v) is 16.1. The minimum absolute atomic E-state index is 0.187. The van der Waals surface area contributed by atoms with Crippen LogP contribution in [0.4, 0.5) is 0 Å². The lowest BCUT2D eigenvalue weighted by atomic mass is 10.1. The monoisotopic (exact) mass is 414 g/mol. The Balaban J connectivity index is 1.53. The second-order valence-corrected chi connectivity index (χ2v) is 8.29. The molecule has 0 spiro atoms. The first-order valence-electron chi connectivity index (χ1n) is 8.05. The van der Waals surface area contributed by atoms with E-state index in [1.807, 2.05) is 12.1 Å². The standard InChI is InChI=1S/C18H16Cl2O5S/c19-14-5-12-7-22-10-25-17(12)13(6-14)9-26(21)8-11-3-15(20)18-16(4-11)23-1-2-24-18/h3-6H,1-2,7-10H2. The summed E-state index contributed by atoms with van der Waals surface area (Å²) in [6.07, 6.45) is 0. The van der Waals surface area contributed by atoms with Gasteiger partial charge in [0.1, 0.15) is 19.0 Å². The Kier molecular flexibility index (Phi) is 5.27. The molecule has 2 aromatic rings. The Hall–Kier alpha value is -1.47. The van der Waals surface area contributed by atoms with Crippen molar-refractivity contribution in [3.05, 3.63) is 51.0 Å². The summed E-state index contributed by atoms with van der Waals surface area (Å²) in [5, 5.41) is 1.04. The van der Waals surface area contributed by atoms with Crippen LogP contribution in [0.5, 0.6) is 17.2 Å². The zero-order valence-electron chi connectivity index (χ0n) is 13.8. The fourth-order valence-corrected chi connectivity index (χ4v) is 4.77. The predicted molar refractivity (Wildman–Crippen MR) is 99.7 cm³/mol. The van der Waals surface area contributed by atoms with E-state index in [1.54, 1.807) is 12.1 Å². The molecule has 1 unspecified atom stereocenters. The van der Waals surface area contributed by atoms with Gasteiger partial charge in [0, 0.05) is 32.7 Å². The Morgan fingerprint density at radius 3 is 2.69 bits per heavy atom. The second-order valence-electron chi connectivity index (χ2n) is 5.99. The first-order valence-corrected chi connectivity index (χ1v) is 10.3. The van der Waals surface area contributed by atoms with Crippen LogP contribution in [0.25, 0.3) is 0 Å². The minimum Gasteiger partial charge on any atom is -0.486 e. The molecule has 0 saturated carbocycles. The van der Waals surface area contributed by atoms with Crippen LogP contribution >= 0.6 is 23.2 Å². The number of benzene rings is 2. The molecule has 0 bridgehead atoms. The number of ether oxygens (including phenoxy) is 4. The summed E-state index contributed by atoms with van der Waals surface area (Å²) in [5.41, 5.74) is 2.52. The van der Waals surface area contributed by atoms with Gasteiger partial charge in [-0.25, -0.2) is 0 Å². The Labute approximate surface area is 163 Å². The number of fused-ring (bicyclic) bond motifs is 2. The summed E-state index contributed by atoms with van der Waals surface area (Å²) >= 11 is 12.4. The van der Waals surface area contributed by atoms with Gasteiger partial charge in [0.15, 0.2) is 18.3 Å². The summed E-state index contributed by atoms with van der Waals surface area (Å²) in [7, 11) is -1.17. The highest BCUT2D eigenvalue weighted by atomic mass is 35.5. The van der Waals surface area contributed by atoms with Crippen LogP contribution in [-0.2, 0) is 33.6 Å². The summed E-state index contributed by atoms with van der Waals surface area (Å²) in [5.74, 6) is 2.53. The largest absolute Gasteiger partial charge is 0.486 e. The van der Waals surface area contributed by atoms with Gasteiger partial charge in [0.05, 0.1) is 17.4 Å². The van der Waals surface area contributed by atoms with Crippen molar-refractivity contribution in [2.75, 3.05) is 20.0 Å². The highest BCUT2D eigenvalue weighted by Crippen LogP contribution is 2.39. The summed E-state index contributed by atoms with van der Waals surface area (Å²) in [6, 6.07) is 7.20. The van der Waals surface area contributed by atoms with Gasteiger partial charge in [0.2, 0.25) is 0 Å². The van der Waals surface area contributed by atoms with Crippen molar-refractivity contribution in [2.24, 2.45) is 0 Å². The van der Waals surface area contributed by atoms with Gasteiger partial charge in [-0.05, 0) is 29.8 Å². The minimum atomic E-state index is -1.17. The van der Waals surface area contributed by atoms with Crippen molar-refractivity contribution in [1.29, 1.82) is 0 Å². The SMILES string of the molecule is O=S(Cc1cc(Cl)c2c(c1)OCCO2)Cc1cc(Cl)cc2c1OCOC2. The molecule has 0 amide bonds. The first-order chi connectivity index (χ1) is 12.6. The van der Waals surface area contributed by atoms with Crippen molar-refractivity contribution in [2.45, 2.75) is 18.1 Å². The Morgan fingerprint density at radius 1 is 0.962 bits per heavy atom. The number of halogens is 2. The zero-order chi connectivity index (χ0) is 18.1. The van der Waals surface area contributed by atoms with E-state index in [0.717, 1.165) is 16.7 Å². The van der Waals surface area contributed by atoms with Crippen molar-refractivity contribution >= 4 is 34.0 Å². The Morgan fingerprint density at radius 2 is 1.81 bits per heavy atom. The molecule has 0 fully saturated rings. The maximum atomic E-state index is 12.7. The molecular formula is C18H16Cl2O5S. The molecule has 0 radical (unpaired) electrons. The molecule has 138 valence electrons. The molecule has 2 aliphatic rings. The summed E-state index contributed by atoms with van der Waals surface area (Å²) in [6.45, 7) is 1.57. The molecule has 5 nitrogen and oxygen atoms in total. The van der Waals surface area contributed by atoms with Crippen molar-refractivity contribution < 1.29 is 23.2 Å². The van der Waals surface area contributed by atoms with E-state index in [-0.39, 0.29) is 6.79 Å². The average Bonchev–Trinajstić information content (AvgIpc) is 2.61. The molecule has 1 atom stereocenters. The van der Waals surface area contributed by atoms with Crippen molar-refractivity contribution in [3.63, 3.8) is 0 Å². The lowest BCUT2D eigenvalue weighted by Crippen LogP contribution is -2.16. The lowest BCUT2D eigenvalue weighted by molar-refractivity contribution is -0.0169. The molecule has 2 aliphatic heterocycles. The van der Waals surface area contributed by atoms with Crippen LogP contribution in [-0.4, -0.2) is 24.2 Å². The predicted octanol–water partition coefficient (Wildman–Crippen LogP) is 4.08. The van der Waals surface area contributed by atoms with E-state index in [2.05, 4.69) is 0 Å². The van der Waals surface area contributed by atoms with Crippen LogP contribution in [0.1, 0.15) is 16.7 Å². The lowest BCUT2D eigenvalue weighted by Gasteiger charge is -2.21. The third kappa shape index (κ3) is 3.78. The van der Waals surface area contributed by atoms with Crippen molar-refractivity contribution in [1.82, 2.24) is 0 Å². The number of hydrogen-bond acceptors (Lipinski definition) is 5. The van der Waals surface area contributed by atoms with Gasteiger partial charge < -0.3 is 18.9 Å². The Bertz CT molecular complexity index is 871. The van der Waals surface area contributed by atoms with E-state index in [0.29, 0.717) is 58.6 Å². The summed E-state index contributed by atoms with van der Waals surface area (Å²) in [4.78, 5) is 0. The van der Waals surface area contributed by atoms with E-state index < -0.39 is 10.8 Å². The molecule has 0 N–H and O–H groups in total. The van der Waals surface area contributed by atoms with Crippen LogP contribution in [0, 0.1) is 0 Å². The van der Waals surface area contributed by atoms with Crippen molar-refractivity contribution in [3.8, 4) is 17.2 Å². The van der Waals surface area contributed by atoms with E-state index in [1.165, 1.54) is 0 Å². The molecular weight excluding hydrogens is 399 g/mol. The van der Waals surface area contributed by atoms with E-state index >= 15 is 0 Å². The quantitative estimate of drug-likeness (QED) is 0.754. The topological polar surface area (TPSA) is 54.0 Å². The number of rotatable bonds is 4. The van der Waals surface area contributed by atoms with Gasteiger partial charge >= 0.3 is 0 Å². The van der Waals surface area contributed by atoms with Gasteiger partial charge in [-0.2, -0.15) is 0 Å². The molecule has 2 aromatic carbocycles. The molecule has 2 heterocycles. The van der Waals surface area contributed by atoms with Crippen LogP contribution in [0.15, 0.2) is 24.3 Å². The molecule has 8 heteroatoms. The molecule has 4 rings (SSSR count). The van der Waals surface area contributed by atoms with Gasteiger partial charge in [-0.3, -0.25) is 4.21 Å². The second kappa shape index (κ2) is 7.64. The van der Waals surface area contributed by atoms with Crippen LogP contribution in [0.2, 0.25) is 10.0 Å². The van der Waals surface area contributed by atoms with Crippen LogP contribution < -0.4 is 14.2 Å². The average molecular weight is 415 g/mol. The normalized spacial score (nSPS) is 16.5. The highest BCUT2D eigenvalue weighted by Gasteiger charge is 2.20. The van der Waals surface area contributed by atoms with Gasteiger partial charge in [-0.1, -0.05) is 23.2 Å². The maximum absolute atomic E-state index is 12.7. The third-order valence-corrected chi connectivity index (χ3v) is 5.84. The van der Waals surface area contributed by atoms with Gasteiger partial charge in [0.25, 0.3) is 0 Å². The highest BCUT2D eigenvalue weighted by molar-refractivity contribution is 7.83. The maximum Gasteiger partial charge on any atom is 0.189 e. The van der Waals surface area contributed by atoms with Crippen LogP contribution in [0.3, 0.4) is 0 Å². The smallest absolute Gasteiger partial charge is 0.189 e. The molecule has 0 aliphatic carbocycles. The summed E-state index contributed by atoms with van der Waals surface area (Å²) < 4.78 is 34.7. The number of hydrogen-bond donors (Lipinski definition) is 0. The fourth-order valence-electron chi connectivity index (χ4n) is 3.02. The first kappa shape index (κ1) is 17.9. The fraction of sp³-hybridized carbons (Fsp3) is 0.333. The van der Waals surface area contributed by atoms with Gasteiger partial charge in [-0.15, -0.1) is 0 Å². The molecule has 26 heavy (non-hydrogen) atoms.